The quantitative estimate of drug-likeness (QED) is 0.194. The maximum atomic E-state index is 11.3. The predicted octanol–water partition coefficient (Wildman–Crippen LogP) is 4.03. The number of nitrogens with zero attached hydrogens (tertiary/aromatic N) is 4. The fourth-order valence-corrected chi connectivity index (χ4v) is 4.96. The van der Waals surface area contributed by atoms with Crippen molar-refractivity contribution in [3.05, 3.63) is 144 Å². The molecular weight excluding hydrogens is 972 g/mol. The Balaban J connectivity index is 0.000000167. The summed E-state index contributed by atoms with van der Waals surface area (Å²) in [4.78, 5) is 57.4. The van der Waals surface area contributed by atoms with E-state index in [4.69, 9.17) is 20.4 Å². The number of carboxylic acids is 4. The van der Waals surface area contributed by atoms with Crippen molar-refractivity contribution in [2.75, 3.05) is 0 Å². The minimum absolute atomic E-state index is 0. The average molecular weight is 997 g/mol. The van der Waals surface area contributed by atoms with E-state index in [1.165, 1.54) is 48.5 Å². The van der Waals surface area contributed by atoms with Crippen molar-refractivity contribution < 1.29 is 89.2 Å². The Hall–Kier alpha value is -7.41. The van der Waals surface area contributed by atoms with Crippen molar-refractivity contribution >= 4 is 67.5 Å². The molecule has 8 rings (SSSR count). The molecule has 17 heteroatoms. The summed E-state index contributed by atoms with van der Waals surface area (Å²) >= 11 is 0. The minimum Gasteiger partial charge on any atom is -0.871 e. The fraction of sp³-hybridized carbons (Fsp3) is 0. The first-order valence-electron chi connectivity index (χ1n) is 15.9. The minimum atomic E-state index is -1.13. The number of hydrogen-bond acceptors (Lipinski definition) is 12. The fourth-order valence-electron chi connectivity index (χ4n) is 4.96. The maximum Gasteiger partial charge on any atom is 0.354 e. The molecule has 4 N–H and O–H groups in total. The molecule has 57 heavy (non-hydrogen) atoms. The summed E-state index contributed by atoms with van der Waals surface area (Å²) in [5.41, 5.74) is 0.364. The topological polar surface area (TPSA) is 293 Å². The third-order valence-electron chi connectivity index (χ3n) is 7.61. The summed E-state index contributed by atoms with van der Waals surface area (Å²) in [5, 5.41) is 82.5. The van der Waals surface area contributed by atoms with E-state index in [2.05, 4.69) is 19.9 Å². The summed E-state index contributed by atoms with van der Waals surface area (Å²) in [5.74, 6) is -5.55. The maximum absolute atomic E-state index is 11.3. The molecule has 0 bridgehead atoms. The Morgan fingerprint density at radius 3 is 0.702 bits per heavy atom. The van der Waals surface area contributed by atoms with Gasteiger partial charge in [0, 0.05) is 29.2 Å². The van der Waals surface area contributed by atoms with Crippen molar-refractivity contribution in [2.24, 2.45) is 0 Å². The van der Waals surface area contributed by atoms with Crippen LogP contribution in [-0.2, 0) is 0 Å². The van der Waals surface area contributed by atoms with Crippen molar-refractivity contribution in [1.29, 1.82) is 0 Å². The molecule has 8 aromatic rings. The molecule has 0 unspecified atom stereocenters. The van der Waals surface area contributed by atoms with E-state index in [-0.39, 0.29) is 97.0 Å². The molecule has 0 fully saturated rings. The van der Waals surface area contributed by atoms with Crippen LogP contribution >= 0.6 is 0 Å². The van der Waals surface area contributed by atoms with Gasteiger partial charge in [-0.25, -0.2) is 39.1 Å². The molecule has 4 heterocycles. The van der Waals surface area contributed by atoms with E-state index < -0.39 is 23.9 Å². The summed E-state index contributed by atoms with van der Waals surface area (Å²) in [6.07, 6.45) is 0. The second-order valence-electron chi connectivity index (χ2n) is 11.3. The first-order valence-corrected chi connectivity index (χ1v) is 15.9. The number of aromatic nitrogens is 4. The third-order valence-corrected chi connectivity index (χ3v) is 7.61. The molecule has 0 amide bonds. The van der Waals surface area contributed by atoms with Crippen LogP contribution in [0.4, 0.5) is 0 Å². The van der Waals surface area contributed by atoms with Crippen molar-refractivity contribution in [1.82, 2.24) is 19.9 Å². The van der Waals surface area contributed by atoms with Gasteiger partial charge in [-0.1, -0.05) is 120 Å². The van der Waals surface area contributed by atoms with Gasteiger partial charge in [-0.15, -0.1) is 0 Å². The van der Waals surface area contributed by atoms with Crippen molar-refractivity contribution in [2.45, 2.75) is 0 Å². The van der Waals surface area contributed by atoms with E-state index in [0.717, 1.165) is 0 Å². The Labute approximate surface area is 342 Å². The number of aromatic carboxylic acids is 4. The molecule has 0 spiro atoms. The number of carboxylic acid groups (broad SMARTS) is 4. The standard InChI is InChI=1S/4C10H7NO3.Pu/c4*12-8-3-1-2-6-4-5-7(10(13)14)11-9(6)8;/h4*1-5,12H,(H,13,14);/p-4. The zero-order valence-corrected chi connectivity index (χ0v) is 32.2. The van der Waals surface area contributed by atoms with Gasteiger partial charge in [0.1, 0.15) is 22.8 Å². The van der Waals surface area contributed by atoms with Gasteiger partial charge in [0.15, 0.2) is 0 Å². The van der Waals surface area contributed by atoms with Crippen LogP contribution in [0.15, 0.2) is 121 Å². The Morgan fingerprint density at radius 1 is 0.333 bits per heavy atom. The first-order chi connectivity index (χ1) is 26.7. The monoisotopic (exact) mass is 990 g/mol. The van der Waals surface area contributed by atoms with Crippen molar-refractivity contribution in [3.8, 4) is 23.0 Å². The second kappa shape index (κ2) is 18.8. The van der Waals surface area contributed by atoms with E-state index in [0.29, 0.717) is 21.5 Å². The molecule has 0 aliphatic rings. The smallest absolute Gasteiger partial charge is 0.354 e. The van der Waals surface area contributed by atoms with E-state index in [1.807, 2.05) is 0 Å². The van der Waals surface area contributed by atoms with Crippen LogP contribution in [0.5, 0.6) is 23.0 Å². The number of pyridine rings is 4. The normalized spacial score (nSPS) is 10.1. The van der Waals surface area contributed by atoms with Crippen LogP contribution in [0.1, 0.15) is 42.0 Å². The van der Waals surface area contributed by atoms with Gasteiger partial charge in [0.05, 0.1) is 22.1 Å². The zero-order chi connectivity index (χ0) is 40.5. The summed E-state index contributed by atoms with van der Waals surface area (Å²) in [6.45, 7) is 0. The molecule has 0 atom stereocenters. The molecule has 4 aromatic carbocycles. The number of hydrogen-bond donors (Lipinski definition) is 4. The van der Waals surface area contributed by atoms with Gasteiger partial charge in [-0.3, -0.25) is 0 Å². The van der Waals surface area contributed by atoms with Crippen LogP contribution in [0.25, 0.3) is 43.6 Å². The van der Waals surface area contributed by atoms with Crippen LogP contribution in [0.3, 0.4) is 0 Å². The number of benzene rings is 4. The molecule has 0 saturated heterocycles. The van der Waals surface area contributed by atoms with Gasteiger partial charge < -0.3 is 40.9 Å². The molecule has 286 valence electrons. The summed E-state index contributed by atoms with van der Waals surface area (Å²) in [6, 6.07) is 30.6. The molecule has 4 aromatic heterocycles. The SMILES string of the molecule is O=C(O)c1ccc2cccc([O-])c2n1.O=C(O)c1ccc2cccc([O-])c2n1.O=C(O)c1ccc2cccc([O-])c2n1.O=C(O)c1ccc2cccc([O-])c2n1.[Pu]. The predicted molar refractivity (Wildman–Crippen MR) is 193 cm³/mol. The van der Waals surface area contributed by atoms with E-state index >= 15 is 0 Å². The number of para-hydroxylation sites is 4. The Morgan fingerprint density at radius 2 is 0.526 bits per heavy atom. The Kier molecular flexibility index (Phi) is 13.9. The number of fused-ring (bicyclic) bond motifs is 4. The van der Waals surface area contributed by atoms with E-state index in [1.54, 1.807) is 72.8 Å². The van der Waals surface area contributed by atoms with Gasteiger partial charge in [0.25, 0.3) is 0 Å². The van der Waals surface area contributed by atoms with Gasteiger partial charge in [-0.2, -0.15) is 0 Å². The zero-order valence-electron chi connectivity index (χ0n) is 28.8. The molecule has 16 nitrogen and oxygen atoms in total. The molecule has 0 saturated carbocycles. The molecular formula is C40H24N4O12Pu-4. The second-order valence-corrected chi connectivity index (χ2v) is 11.3. The largest absolute Gasteiger partial charge is 0.871 e. The van der Waals surface area contributed by atoms with Crippen molar-refractivity contribution in [3.63, 3.8) is 0 Å². The van der Waals surface area contributed by atoms with Crippen LogP contribution in [0.2, 0.25) is 0 Å². The van der Waals surface area contributed by atoms with Gasteiger partial charge in [-0.05, 0) is 45.8 Å². The average Bonchev–Trinajstić information content (AvgIpc) is 3.19. The summed E-state index contributed by atoms with van der Waals surface area (Å²) < 4.78 is 0. The number of rotatable bonds is 4. The van der Waals surface area contributed by atoms with Crippen LogP contribution in [0, 0.1) is 29.2 Å². The Bertz CT molecular complexity index is 2420. The first kappa shape index (κ1) is 42.3. The molecule has 0 radical (unpaired) electrons. The molecule has 0 aliphatic heterocycles. The van der Waals surface area contributed by atoms with Crippen LogP contribution < -0.4 is 20.4 Å². The third kappa shape index (κ3) is 10.4. The number of carbonyl (C=O) groups is 4. The van der Waals surface area contributed by atoms with Gasteiger partial charge in [0.2, 0.25) is 0 Å². The van der Waals surface area contributed by atoms with Gasteiger partial charge >= 0.3 is 23.9 Å². The summed E-state index contributed by atoms with van der Waals surface area (Å²) in [7, 11) is 0. The van der Waals surface area contributed by atoms with E-state index in [9.17, 15) is 39.6 Å². The van der Waals surface area contributed by atoms with Crippen LogP contribution in [-0.4, -0.2) is 64.2 Å². The molecule has 0 aliphatic carbocycles.